The Bertz CT molecular complexity index is 226. The van der Waals surface area contributed by atoms with Gasteiger partial charge in [0.15, 0.2) is 0 Å². The molecule has 0 radical (unpaired) electrons. The van der Waals surface area contributed by atoms with Gasteiger partial charge in [-0.1, -0.05) is 0 Å². The van der Waals surface area contributed by atoms with Gasteiger partial charge in [-0.25, -0.2) is 0 Å². The molecule has 0 atom stereocenters. The van der Waals surface area contributed by atoms with Crippen molar-refractivity contribution in [3.8, 4) is 0 Å². The molecule has 0 aromatic carbocycles. The predicted octanol–water partition coefficient (Wildman–Crippen LogP) is -2.86. The average molecular weight is 217 g/mol. The zero-order chi connectivity index (χ0) is 11.4. The van der Waals surface area contributed by atoms with Crippen LogP contribution in [0.25, 0.3) is 0 Å². The average Bonchev–Trinajstić information content (AvgIpc) is 1.76. The number of rotatable bonds is 6. The molecule has 80 valence electrons. The van der Waals surface area contributed by atoms with Gasteiger partial charge in [-0.3, -0.25) is 14.4 Å². The van der Waals surface area contributed by atoms with Crippen LogP contribution in [0.3, 0.4) is 0 Å². The maximum absolute atomic E-state index is 10.7. The second-order valence-corrected chi connectivity index (χ2v) is 5.86. The Labute approximate surface area is 84.6 Å². The quantitative estimate of drug-likeness (QED) is 0.414. The van der Waals surface area contributed by atoms with Crippen LogP contribution >= 0.6 is 0 Å². The molecule has 6 N–H and O–H groups in total. The molecule has 0 aliphatic carbocycles. The van der Waals surface area contributed by atoms with E-state index in [9.17, 15) is 14.4 Å². The van der Waals surface area contributed by atoms with Gasteiger partial charge in [0.2, 0.25) is 17.7 Å². The van der Waals surface area contributed by atoms with E-state index in [4.69, 9.17) is 17.2 Å². The lowest BCUT2D eigenvalue weighted by atomic mass is 9.95. The molecule has 0 bridgehead atoms. The van der Waals surface area contributed by atoms with Gasteiger partial charge >= 0.3 is 0 Å². The number of carbonyl (C=O) groups is 3. The first-order valence-corrected chi connectivity index (χ1v) is 5.10. The number of primary amides is 3. The predicted molar refractivity (Wildman–Crippen MR) is 54.1 cm³/mol. The molecule has 0 saturated carbocycles. The maximum Gasteiger partial charge on any atom is 0.217 e. The van der Waals surface area contributed by atoms with Crippen molar-refractivity contribution in [1.82, 2.24) is 0 Å². The Balaban J connectivity index is 4.56. The molecule has 7 heteroatoms. The van der Waals surface area contributed by atoms with E-state index in [1.165, 1.54) is 0 Å². The minimum absolute atomic E-state index is 0.0227. The van der Waals surface area contributed by atoms with E-state index < -0.39 is 22.8 Å². The highest BCUT2D eigenvalue weighted by Crippen LogP contribution is 2.34. The third kappa shape index (κ3) is 5.30. The van der Waals surface area contributed by atoms with Crippen LogP contribution in [0.5, 0.6) is 0 Å². The molecular weight excluding hydrogens is 202 g/mol. The van der Waals surface area contributed by atoms with Crippen LogP contribution in [0.15, 0.2) is 0 Å². The fourth-order valence-corrected chi connectivity index (χ4v) is 2.49. The van der Waals surface area contributed by atoms with Crippen LogP contribution in [-0.2, 0) is 14.4 Å². The van der Waals surface area contributed by atoms with Crippen molar-refractivity contribution >= 4 is 28.0 Å². The van der Waals surface area contributed by atoms with E-state index in [0.29, 0.717) is 10.2 Å². The molecule has 0 heterocycles. The lowest BCUT2D eigenvalue weighted by Crippen LogP contribution is -2.31. The highest BCUT2D eigenvalue weighted by Gasteiger charge is 2.30. The molecule has 0 aliphatic rings. The first-order valence-electron chi connectivity index (χ1n) is 4.10. The zero-order valence-corrected chi connectivity index (χ0v) is 10.1. The molecule has 0 fully saturated rings. The number of carbonyl (C=O) groups excluding carboxylic acids is 3. The van der Waals surface area contributed by atoms with Crippen molar-refractivity contribution in [2.75, 3.05) is 0 Å². The summed E-state index contributed by atoms with van der Waals surface area (Å²) >= 11 is 0. The normalized spacial score (nSPS) is 11.1. The lowest BCUT2D eigenvalue weighted by molar-refractivity contribution is -0.122. The SMILES string of the molecule is NC(=O)CC([SiH3])(CC(N)=O)CC(N)=O. The molecule has 6 nitrogen and oxygen atoms in total. The van der Waals surface area contributed by atoms with E-state index in [0.717, 1.165) is 0 Å². The highest BCUT2D eigenvalue weighted by atomic mass is 28.1. The van der Waals surface area contributed by atoms with Crippen molar-refractivity contribution in [2.45, 2.75) is 24.3 Å². The monoisotopic (exact) mass is 217 g/mol. The molecule has 0 saturated heterocycles. The summed E-state index contributed by atoms with van der Waals surface area (Å²) in [6.45, 7) is 0. The second kappa shape index (κ2) is 4.75. The van der Waals surface area contributed by atoms with Gasteiger partial charge < -0.3 is 17.2 Å². The molecule has 0 spiro atoms. The van der Waals surface area contributed by atoms with Gasteiger partial charge in [-0.05, 0) is 5.04 Å². The summed E-state index contributed by atoms with van der Waals surface area (Å²) in [5.74, 6) is -1.66. The summed E-state index contributed by atoms with van der Waals surface area (Å²) in [4.78, 5) is 32.2. The van der Waals surface area contributed by atoms with E-state index in [-0.39, 0.29) is 19.3 Å². The van der Waals surface area contributed by atoms with Crippen molar-refractivity contribution in [2.24, 2.45) is 17.2 Å². The Morgan fingerprint density at radius 1 is 0.857 bits per heavy atom. The molecule has 3 amide bonds. The molecular formula is C7H15N3O3Si. The number of hydrogen-bond donors (Lipinski definition) is 3. The standard InChI is InChI=1S/C7H15N3O3Si/c8-4(11)1-7(14,2-5(9)12)3-6(10)13/h1-3H2,14H3,(H2,8,11)(H2,9,12)(H2,10,13). The van der Waals surface area contributed by atoms with Crippen molar-refractivity contribution in [1.29, 1.82) is 0 Å². The smallest absolute Gasteiger partial charge is 0.217 e. The zero-order valence-electron chi connectivity index (χ0n) is 8.08. The minimum atomic E-state index is -0.719. The van der Waals surface area contributed by atoms with Crippen LogP contribution in [0.1, 0.15) is 19.3 Å². The molecule has 0 unspecified atom stereocenters. The number of amides is 3. The fraction of sp³-hybridized carbons (Fsp3) is 0.571. The van der Waals surface area contributed by atoms with Crippen LogP contribution in [0, 0.1) is 0 Å². The highest BCUT2D eigenvalue weighted by molar-refractivity contribution is 6.19. The van der Waals surface area contributed by atoms with Crippen LogP contribution in [0.2, 0.25) is 5.04 Å². The summed E-state index contributed by atoms with van der Waals surface area (Å²) in [5, 5.41) is -0.719. The second-order valence-electron chi connectivity index (χ2n) is 3.74. The van der Waals surface area contributed by atoms with E-state index in [1.54, 1.807) is 0 Å². The van der Waals surface area contributed by atoms with Crippen molar-refractivity contribution < 1.29 is 14.4 Å². The Kier molecular flexibility index (Phi) is 4.28. The third-order valence-electron chi connectivity index (χ3n) is 1.80. The summed E-state index contributed by atoms with van der Waals surface area (Å²) in [7, 11) is 0.460. The molecule has 0 aromatic heterocycles. The Hall–Kier alpha value is -1.37. The van der Waals surface area contributed by atoms with E-state index >= 15 is 0 Å². The molecule has 14 heavy (non-hydrogen) atoms. The number of nitrogens with two attached hydrogens (primary N) is 3. The lowest BCUT2D eigenvalue weighted by Gasteiger charge is -2.24. The Morgan fingerprint density at radius 2 is 1.07 bits per heavy atom. The van der Waals surface area contributed by atoms with Gasteiger partial charge in [-0.2, -0.15) is 0 Å². The van der Waals surface area contributed by atoms with Crippen LogP contribution in [-0.4, -0.2) is 28.0 Å². The third-order valence-corrected chi connectivity index (χ3v) is 2.86. The van der Waals surface area contributed by atoms with E-state index in [2.05, 4.69) is 0 Å². The number of hydrogen-bond acceptors (Lipinski definition) is 3. The largest absolute Gasteiger partial charge is 0.370 e. The van der Waals surface area contributed by atoms with Gasteiger partial charge in [0.25, 0.3) is 0 Å². The molecule has 0 aliphatic heterocycles. The summed E-state index contributed by atoms with van der Waals surface area (Å²) in [5.41, 5.74) is 15.0. The first kappa shape index (κ1) is 12.6. The first-order chi connectivity index (χ1) is 6.25. The van der Waals surface area contributed by atoms with E-state index in [1.807, 2.05) is 0 Å². The fourth-order valence-electron chi connectivity index (χ4n) is 1.45. The van der Waals surface area contributed by atoms with Gasteiger partial charge in [0, 0.05) is 29.5 Å². The van der Waals surface area contributed by atoms with Crippen LogP contribution < -0.4 is 17.2 Å². The van der Waals surface area contributed by atoms with Gasteiger partial charge in [0.1, 0.15) is 0 Å². The summed E-state index contributed by atoms with van der Waals surface area (Å²) in [6.07, 6.45) is -0.0681. The van der Waals surface area contributed by atoms with Gasteiger partial charge in [0.05, 0.1) is 0 Å². The van der Waals surface area contributed by atoms with Crippen molar-refractivity contribution in [3.05, 3.63) is 0 Å². The van der Waals surface area contributed by atoms with Gasteiger partial charge in [-0.15, -0.1) is 0 Å². The topological polar surface area (TPSA) is 129 Å². The molecule has 0 aromatic rings. The Morgan fingerprint density at radius 3 is 1.21 bits per heavy atom. The summed E-state index contributed by atoms with van der Waals surface area (Å²) < 4.78 is 0. The minimum Gasteiger partial charge on any atom is -0.370 e. The molecule has 0 rings (SSSR count). The summed E-state index contributed by atoms with van der Waals surface area (Å²) in [6, 6.07) is 0. The maximum atomic E-state index is 10.7. The van der Waals surface area contributed by atoms with Crippen molar-refractivity contribution in [3.63, 3.8) is 0 Å². The van der Waals surface area contributed by atoms with Crippen LogP contribution in [0.4, 0.5) is 0 Å².